The molecule has 28 heavy (non-hydrogen) atoms. The second-order valence-corrected chi connectivity index (χ2v) is 6.41. The Bertz CT molecular complexity index is 1050. The molecule has 0 spiro atoms. The number of anilines is 2. The van der Waals surface area contributed by atoms with Gasteiger partial charge in [0.1, 0.15) is 17.8 Å². The largest absolute Gasteiger partial charge is 0.494 e. The number of methoxy groups -OCH3 is 1. The molecule has 1 fully saturated rings. The number of nitro benzene ring substituents is 1. The fourth-order valence-electron chi connectivity index (χ4n) is 3.45. The molecule has 10 nitrogen and oxygen atoms in total. The average Bonchev–Trinajstić information content (AvgIpc) is 3.09. The topological polar surface area (TPSA) is 102 Å². The molecule has 0 unspecified atom stereocenters. The number of nitrogens with zero attached hydrogens (tertiary/aromatic N) is 7. The van der Waals surface area contributed by atoms with Crippen molar-refractivity contribution in [3.63, 3.8) is 0 Å². The summed E-state index contributed by atoms with van der Waals surface area (Å²) in [5.74, 6) is 0.0105. The van der Waals surface area contributed by atoms with Crippen molar-refractivity contribution in [1.29, 1.82) is 0 Å². The molecule has 146 valence electrons. The van der Waals surface area contributed by atoms with Gasteiger partial charge in [0.05, 0.1) is 29.7 Å². The SMILES string of the molecule is COc1cc(N2CCN(c3ncnc4c3cnn4C)CC2)c([N+](=O)[O-])cc1F. The number of rotatable bonds is 4. The minimum absolute atomic E-state index is 0.0177. The van der Waals surface area contributed by atoms with Crippen LogP contribution in [0.15, 0.2) is 24.7 Å². The van der Waals surface area contributed by atoms with Gasteiger partial charge >= 0.3 is 0 Å². The Morgan fingerprint density at radius 2 is 1.89 bits per heavy atom. The summed E-state index contributed by atoms with van der Waals surface area (Å²) in [5.41, 5.74) is 0.812. The molecule has 1 aromatic carbocycles. The van der Waals surface area contributed by atoms with Gasteiger partial charge in [-0.3, -0.25) is 14.8 Å². The van der Waals surface area contributed by atoms with Crippen LogP contribution in [0.25, 0.3) is 11.0 Å². The molecule has 4 rings (SSSR count). The summed E-state index contributed by atoms with van der Waals surface area (Å²) in [6.07, 6.45) is 3.23. The third-order valence-electron chi connectivity index (χ3n) is 4.87. The third kappa shape index (κ3) is 2.94. The van der Waals surface area contributed by atoms with Gasteiger partial charge in [-0.05, 0) is 0 Å². The van der Waals surface area contributed by atoms with E-state index in [-0.39, 0.29) is 11.4 Å². The van der Waals surface area contributed by atoms with Gasteiger partial charge < -0.3 is 14.5 Å². The Hall–Kier alpha value is -3.50. The first kappa shape index (κ1) is 17.9. The zero-order valence-electron chi connectivity index (χ0n) is 15.4. The summed E-state index contributed by atoms with van der Waals surface area (Å²) < 4.78 is 20.6. The van der Waals surface area contributed by atoms with Crippen LogP contribution in [0, 0.1) is 15.9 Å². The van der Waals surface area contributed by atoms with Gasteiger partial charge in [0, 0.05) is 39.3 Å². The highest BCUT2D eigenvalue weighted by molar-refractivity contribution is 5.86. The number of benzene rings is 1. The van der Waals surface area contributed by atoms with Gasteiger partial charge in [-0.15, -0.1) is 0 Å². The summed E-state index contributed by atoms with van der Waals surface area (Å²) in [6, 6.07) is 2.29. The lowest BCUT2D eigenvalue weighted by Crippen LogP contribution is -2.47. The van der Waals surface area contributed by atoms with Crippen LogP contribution in [-0.4, -0.2) is 58.0 Å². The maximum Gasteiger partial charge on any atom is 0.295 e. The van der Waals surface area contributed by atoms with Crippen LogP contribution in [0.4, 0.5) is 21.6 Å². The summed E-state index contributed by atoms with van der Waals surface area (Å²) in [5, 5.41) is 16.5. The van der Waals surface area contributed by atoms with Crippen LogP contribution >= 0.6 is 0 Å². The van der Waals surface area contributed by atoms with Gasteiger partial charge in [0.15, 0.2) is 17.2 Å². The first-order chi connectivity index (χ1) is 13.5. The zero-order chi connectivity index (χ0) is 19.8. The third-order valence-corrected chi connectivity index (χ3v) is 4.87. The molecular weight excluding hydrogens is 369 g/mol. The summed E-state index contributed by atoms with van der Waals surface area (Å²) in [6.45, 7) is 2.22. The smallest absolute Gasteiger partial charge is 0.295 e. The van der Waals surface area contributed by atoms with Crippen molar-refractivity contribution in [1.82, 2.24) is 19.7 Å². The second kappa shape index (κ2) is 6.91. The molecule has 0 atom stereocenters. The van der Waals surface area contributed by atoms with E-state index < -0.39 is 10.7 Å². The van der Waals surface area contributed by atoms with Gasteiger partial charge in [-0.2, -0.15) is 5.10 Å². The number of halogens is 1. The number of hydrogen-bond donors (Lipinski definition) is 0. The molecule has 0 aliphatic carbocycles. The maximum atomic E-state index is 13.9. The molecule has 1 saturated heterocycles. The molecular formula is C17H18FN7O3. The van der Waals surface area contributed by atoms with E-state index in [1.165, 1.54) is 19.5 Å². The lowest BCUT2D eigenvalue weighted by atomic mass is 10.2. The summed E-state index contributed by atoms with van der Waals surface area (Å²) in [7, 11) is 3.15. The zero-order valence-corrected chi connectivity index (χ0v) is 15.4. The Morgan fingerprint density at radius 3 is 2.57 bits per heavy atom. The molecule has 0 N–H and O–H groups in total. The molecule has 1 aliphatic rings. The summed E-state index contributed by atoms with van der Waals surface area (Å²) >= 11 is 0. The van der Waals surface area contributed by atoms with Crippen LogP contribution in [0.1, 0.15) is 0 Å². The molecule has 11 heteroatoms. The quantitative estimate of drug-likeness (QED) is 0.493. The first-order valence-electron chi connectivity index (χ1n) is 8.64. The van der Waals surface area contributed by atoms with Crippen molar-refractivity contribution in [2.24, 2.45) is 7.05 Å². The molecule has 0 amide bonds. The van der Waals surface area contributed by atoms with Crippen molar-refractivity contribution < 1.29 is 14.1 Å². The van der Waals surface area contributed by atoms with E-state index in [0.717, 1.165) is 22.9 Å². The molecule has 1 aliphatic heterocycles. The number of aromatic nitrogens is 4. The van der Waals surface area contributed by atoms with Crippen molar-refractivity contribution in [2.45, 2.75) is 0 Å². The molecule has 3 aromatic rings. The number of hydrogen-bond acceptors (Lipinski definition) is 8. The minimum Gasteiger partial charge on any atom is -0.494 e. The van der Waals surface area contributed by atoms with E-state index in [1.807, 2.05) is 11.9 Å². The van der Waals surface area contributed by atoms with E-state index in [9.17, 15) is 14.5 Å². The number of aryl methyl sites for hydroxylation is 1. The number of nitro groups is 1. The molecule has 0 saturated carbocycles. The van der Waals surface area contributed by atoms with E-state index in [1.54, 1.807) is 10.9 Å². The fraction of sp³-hybridized carbons (Fsp3) is 0.353. The number of fused-ring (bicyclic) bond motifs is 1. The summed E-state index contributed by atoms with van der Waals surface area (Å²) in [4.78, 5) is 23.4. The predicted molar refractivity (Wildman–Crippen MR) is 100 cm³/mol. The van der Waals surface area contributed by atoms with Crippen molar-refractivity contribution >= 4 is 28.2 Å². The predicted octanol–water partition coefficient (Wildman–Crippen LogP) is 1.75. The Labute approximate surface area is 159 Å². The van der Waals surface area contributed by atoms with Crippen LogP contribution in [0.2, 0.25) is 0 Å². The van der Waals surface area contributed by atoms with Crippen molar-refractivity contribution in [3.05, 3.63) is 40.6 Å². The Balaban J connectivity index is 1.60. The van der Waals surface area contributed by atoms with Gasteiger partial charge in [-0.25, -0.2) is 14.4 Å². The van der Waals surface area contributed by atoms with Crippen LogP contribution in [-0.2, 0) is 7.05 Å². The van der Waals surface area contributed by atoms with Crippen LogP contribution < -0.4 is 14.5 Å². The number of ether oxygens (including phenoxy) is 1. The highest BCUT2D eigenvalue weighted by Gasteiger charge is 2.27. The minimum atomic E-state index is -0.753. The van der Waals surface area contributed by atoms with E-state index in [2.05, 4.69) is 20.0 Å². The molecule has 0 radical (unpaired) electrons. The molecule has 2 aromatic heterocycles. The number of piperazine rings is 1. The van der Waals surface area contributed by atoms with Crippen LogP contribution in [0.3, 0.4) is 0 Å². The highest BCUT2D eigenvalue weighted by atomic mass is 19.1. The van der Waals surface area contributed by atoms with E-state index >= 15 is 0 Å². The van der Waals surface area contributed by atoms with E-state index in [0.29, 0.717) is 31.9 Å². The first-order valence-corrected chi connectivity index (χ1v) is 8.64. The Morgan fingerprint density at radius 1 is 1.18 bits per heavy atom. The standard InChI is InChI=1S/C17H18FN7O3/c1-22-16-11(9-21-22)17(20-10-19-16)24-5-3-23(4-6-24)13-8-15(28-2)12(18)7-14(13)25(26)27/h7-10H,3-6H2,1-2H3. The molecule has 0 bridgehead atoms. The lowest BCUT2D eigenvalue weighted by Gasteiger charge is -2.36. The fourth-order valence-corrected chi connectivity index (χ4v) is 3.45. The maximum absolute atomic E-state index is 13.9. The Kier molecular flexibility index (Phi) is 4.41. The van der Waals surface area contributed by atoms with Crippen LogP contribution in [0.5, 0.6) is 5.75 Å². The second-order valence-electron chi connectivity index (χ2n) is 6.41. The van der Waals surface area contributed by atoms with Gasteiger partial charge in [0.25, 0.3) is 5.69 Å². The van der Waals surface area contributed by atoms with Crippen molar-refractivity contribution in [2.75, 3.05) is 43.1 Å². The normalized spacial score (nSPS) is 14.5. The highest BCUT2D eigenvalue weighted by Crippen LogP contribution is 2.35. The van der Waals surface area contributed by atoms with E-state index in [4.69, 9.17) is 4.74 Å². The molecule has 3 heterocycles. The van der Waals surface area contributed by atoms with Gasteiger partial charge in [-0.1, -0.05) is 0 Å². The van der Waals surface area contributed by atoms with Gasteiger partial charge in [0.2, 0.25) is 0 Å². The lowest BCUT2D eigenvalue weighted by molar-refractivity contribution is -0.384. The monoisotopic (exact) mass is 387 g/mol. The average molecular weight is 387 g/mol. The van der Waals surface area contributed by atoms with Crippen molar-refractivity contribution in [3.8, 4) is 5.75 Å².